The molecule has 20 heavy (non-hydrogen) atoms. The Kier molecular flexibility index (Phi) is 37.0. The molecule has 8 heteroatoms. The zero-order chi connectivity index (χ0) is 12.2. The number of carbonyl (C=O) groups is 2. The van der Waals surface area contributed by atoms with Crippen molar-refractivity contribution in [1.29, 1.82) is 0 Å². The van der Waals surface area contributed by atoms with Gasteiger partial charge in [-0.15, -0.1) is 0 Å². The van der Waals surface area contributed by atoms with E-state index in [4.69, 9.17) is 10.2 Å². The average molecular weight is 343 g/mol. The van der Waals surface area contributed by atoms with Gasteiger partial charge >= 0.3 is 11.9 Å². The van der Waals surface area contributed by atoms with Crippen molar-refractivity contribution in [3.8, 4) is 0 Å². The van der Waals surface area contributed by atoms with E-state index in [1.807, 2.05) is 0 Å². The minimum absolute atomic E-state index is 0. The molecule has 0 aliphatic rings. The molecule has 7 nitrogen and oxygen atoms in total. The second-order valence-corrected chi connectivity index (χ2v) is 4.12. The molecule has 0 unspecified atom stereocenters. The predicted octanol–water partition coefficient (Wildman–Crippen LogP) is 0.580. The molecule has 0 aromatic heterocycles. The second-order valence-electron chi connectivity index (χ2n) is 4.12. The van der Waals surface area contributed by atoms with Gasteiger partial charge in [0.05, 0.1) is 0 Å². The van der Waals surface area contributed by atoms with Crippen molar-refractivity contribution in [3.05, 3.63) is 0 Å². The van der Waals surface area contributed by atoms with Crippen molar-refractivity contribution in [2.75, 3.05) is 0 Å². The molecule has 0 amide bonds. The van der Waals surface area contributed by atoms with Crippen LogP contribution in [0.3, 0.4) is 0 Å². The Hall–Kier alpha value is -0.674. The molecule has 0 rings (SSSR count). The number of aliphatic carboxylic acids is 2. The fourth-order valence-electron chi connectivity index (χ4n) is 1.61. The first kappa shape index (κ1) is 31.6. The summed E-state index contributed by atoms with van der Waals surface area (Å²) in [7, 11) is 0. The molecule has 0 aromatic rings. The van der Waals surface area contributed by atoms with Gasteiger partial charge in [-0.05, 0) is 12.8 Å². The van der Waals surface area contributed by atoms with E-state index in [1.54, 1.807) is 0 Å². The van der Waals surface area contributed by atoms with Crippen molar-refractivity contribution < 1.29 is 53.0 Å². The Balaban J connectivity index is -0.000000187. The summed E-state index contributed by atoms with van der Waals surface area (Å²) in [5, 5.41) is 16.8. The first-order valence-corrected chi connectivity index (χ1v) is 6.06. The van der Waals surface area contributed by atoms with Crippen molar-refractivity contribution in [2.24, 2.45) is 0 Å². The number of carboxylic acid groups (broad SMARTS) is 2. The summed E-state index contributed by atoms with van der Waals surface area (Å²) in [5.41, 5.74) is 0. The van der Waals surface area contributed by atoms with Crippen LogP contribution < -0.4 is 0 Å². The average Bonchev–Trinajstić information content (AvgIpc) is 2.20. The molecule has 0 heterocycles. The quantitative estimate of drug-likeness (QED) is 0.523. The van der Waals surface area contributed by atoms with Crippen LogP contribution in [0.2, 0.25) is 0 Å². The van der Waals surface area contributed by atoms with Gasteiger partial charge in [-0.3, -0.25) is 9.59 Å². The van der Waals surface area contributed by atoms with Gasteiger partial charge in [0, 0.05) is 29.6 Å². The van der Waals surface area contributed by atoms with E-state index >= 15 is 0 Å². The van der Waals surface area contributed by atoms with Crippen LogP contribution in [0.1, 0.15) is 64.2 Å². The van der Waals surface area contributed by atoms with Gasteiger partial charge in [0.1, 0.15) is 0 Å². The maximum atomic E-state index is 10.2. The third-order valence-electron chi connectivity index (χ3n) is 2.53. The molecule has 8 N–H and O–H groups in total. The Morgan fingerprint density at radius 3 is 0.950 bits per heavy atom. The molecule has 0 saturated carbocycles. The van der Waals surface area contributed by atoms with Gasteiger partial charge < -0.3 is 26.6 Å². The van der Waals surface area contributed by atoms with E-state index in [9.17, 15) is 9.59 Å². The first-order chi connectivity index (χ1) is 7.63. The Morgan fingerprint density at radius 2 is 0.750 bits per heavy atom. The molecule has 127 valence electrons. The van der Waals surface area contributed by atoms with Gasteiger partial charge in [0.2, 0.25) is 0 Å². The topological polar surface area (TPSA) is 169 Å². The molecule has 0 fully saturated rings. The van der Waals surface area contributed by atoms with E-state index in [1.165, 1.54) is 0 Å². The van der Waals surface area contributed by atoms with Crippen LogP contribution in [0.25, 0.3) is 0 Å². The van der Waals surface area contributed by atoms with Crippen molar-refractivity contribution in [2.45, 2.75) is 64.2 Å². The monoisotopic (exact) mass is 343 g/mol. The largest absolute Gasteiger partial charge is 0.481 e. The van der Waals surface area contributed by atoms with Gasteiger partial charge in [0.25, 0.3) is 0 Å². The van der Waals surface area contributed by atoms with E-state index in [0.29, 0.717) is 0 Å². The van der Waals surface area contributed by atoms with Gasteiger partial charge in [-0.1, -0.05) is 38.5 Å². The standard InChI is InChI=1S/C12H22O4.Co.3H2O/c13-11(14)9-7-5-3-1-2-4-6-8-10-12(15)16;;;;/h1-10H2,(H,13,14)(H,15,16);;3*1H2. The maximum absolute atomic E-state index is 10.2. The van der Waals surface area contributed by atoms with Crippen LogP contribution in [0.5, 0.6) is 0 Å². The normalized spacial score (nSPS) is 8.20. The molecule has 0 spiro atoms. The van der Waals surface area contributed by atoms with Crippen LogP contribution in [0.15, 0.2) is 0 Å². The number of unbranched alkanes of at least 4 members (excludes halogenated alkanes) is 7. The minimum atomic E-state index is -0.714. The number of hydrogen-bond donors (Lipinski definition) is 2. The van der Waals surface area contributed by atoms with E-state index in [0.717, 1.165) is 51.4 Å². The summed E-state index contributed by atoms with van der Waals surface area (Å²) < 4.78 is 0. The summed E-state index contributed by atoms with van der Waals surface area (Å²) in [6.07, 6.45) is 8.51. The second kappa shape index (κ2) is 23.4. The van der Waals surface area contributed by atoms with Crippen LogP contribution in [-0.4, -0.2) is 38.6 Å². The van der Waals surface area contributed by atoms with Gasteiger partial charge in [-0.25, -0.2) is 0 Å². The molecular formula is C12H28CoO7. The zero-order valence-electron chi connectivity index (χ0n) is 11.6. The summed E-state index contributed by atoms with van der Waals surface area (Å²) >= 11 is 0. The van der Waals surface area contributed by atoms with Gasteiger partial charge in [0.15, 0.2) is 0 Å². The van der Waals surface area contributed by atoms with Crippen molar-refractivity contribution >= 4 is 11.9 Å². The molecule has 0 aliphatic heterocycles. The van der Waals surface area contributed by atoms with E-state index in [-0.39, 0.29) is 46.0 Å². The summed E-state index contributed by atoms with van der Waals surface area (Å²) in [6, 6.07) is 0. The van der Waals surface area contributed by atoms with Crippen LogP contribution in [0.4, 0.5) is 0 Å². The molecule has 0 atom stereocenters. The van der Waals surface area contributed by atoms with Crippen LogP contribution >= 0.6 is 0 Å². The molecule has 0 aliphatic carbocycles. The van der Waals surface area contributed by atoms with Crippen molar-refractivity contribution in [3.63, 3.8) is 0 Å². The summed E-state index contributed by atoms with van der Waals surface area (Å²) in [4.78, 5) is 20.4. The maximum Gasteiger partial charge on any atom is 0.303 e. The third kappa shape index (κ3) is 30.4. The fraction of sp³-hybridized carbons (Fsp3) is 0.833. The molecule has 0 bridgehead atoms. The number of rotatable bonds is 11. The molecule has 0 saturated heterocycles. The summed E-state index contributed by atoms with van der Waals surface area (Å²) in [5.74, 6) is -1.43. The molecule has 1 radical (unpaired) electrons. The van der Waals surface area contributed by atoms with Crippen LogP contribution in [-0.2, 0) is 26.4 Å². The SMILES string of the molecule is O.O.O.O=C(O)CCCCCCCCCCC(=O)O.[Co]. The first-order valence-electron chi connectivity index (χ1n) is 6.06. The summed E-state index contributed by atoms with van der Waals surface area (Å²) in [6.45, 7) is 0. The Morgan fingerprint density at radius 1 is 0.550 bits per heavy atom. The number of hydrogen-bond acceptors (Lipinski definition) is 2. The smallest absolute Gasteiger partial charge is 0.303 e. The predicted molar refractivity (Wildman–Crippen MR) is 72.3 cm³/mol. The Labute approximate surface area is 129 Å². The van der Waals surface area contributed by atoms with E-state index < -0.39 is 11.9 Å². The fourth-order valence-corrected chi connectivity index (χ4v) is 1.61. The van der Waals surface area contributed by atoms with Crippen molar-refractivity contribution in [1.82, 2.24) is 0 Å². The number of carboxylic acids is 2. The van der Waals surface area contributed by atoms with Crippen LogP contribution in [0, 0.1) is 0 Å². The van der Waals surface area contributed by atoms with Gasteiger partial charge in [-0.2, -0.15) is 0 Å². The third-order valence-corrected chi connectivity index (χ3v) is 2.53. The van der Waals surface area contributed by atoms with E-state index in [2.05, 4.69) is 0 Å². The zero-order valence-corrected chi connectivity index (χ0v) is 12.7. The minimum Gasteiger partial charge on any atom is -0.481 e. The molecule has 0 aromatic carbocycles. The Bertz CT molecular complexity index is 190. The molecular weight excluding hydrogens is 315 g/mol.